The lowest BCUT2D eigenvalue weighted by molar-refractivity contribution is -0.137. The Kier molecular flexibility index (Phi) is 6.13. The number of aliphatic carboxylic acids is 1. The highest BCUT2D eigenvalue weighted by molar-refractivity contribution is 8.00. The van der Waals surface area contributed by atoms with Crippen LogP contribution in [0.4, 0.5) is 0 Å². The molecular weight excluding hydrogens is 212 g/mol. The van der Waals surface area contributed by atoms with Crippen molar-refractivity contribution in [3.63, 3.8) is 0 Å². The number of nitrogens with two attached hydrogens (primary N) is 2. The van der Waals surface area contributed by atoms with Gasteiger partial charge < -0.3 is 16.6 Å². The van der Waals surface area contributed by atoms with Gasteiger partial charge in [0.1, 0.15) is 6.04 Å². The van der Waals surface area contributed by atoms with Crippen molar-refractivity contribution < 1.29 is 14.7 Å². The van der Waals surface area contributed by atoms with E-state index >= 15 is 0 Å². The number of hydrogen-bond donors (Lipinski definition) is 4. The SMILES string of the molecule is N[C@@H](CSC[C@H](N)C(=O)S)C(=O)O. The van der Waals surface area contributed by atoms with Crippen LogP contribution in [0.25, 0.3) is 0 Å². The Morgan fingerprint density at radius 1 is 1.31 bits per heavy atom. The molecule has 13 heavy (non-hydrogen) atoms. The number of carboxylic acid groups (broad SMARTS) is 1. The molecule has 2 atom stereocenters. The molecule has 0 radical (unpaired) electrons. The van der Waals surface area contributed by atoms with Gasteiger partial charge in [-0.15, -0.1) is 12.6 Å². The first kappa shape index (κ1) is 12.8. The van der Waals surface area contributed by atoms with Gasteiger partial charge in [0, 0.05) is 11.5 Å². The molecule has 0 rings (SSSR count). The zero-order valence-corrected chi connectivity index (χ0v) is 8.55. The van der Waals surface area contributed by atoms with E-state index in [9.17, 15) is 9.59 Å². The van der Waals surface area contributed by atoms with Crippen LogP contribution in [-0.2, 0) is 9.59 Å². The van der Waals surface area contributed by atoms with E-state index < -0.39 is 23.2 Å². The molecule has 0 aliphatic rings. The monoisotopic (exact) mass is 224 g/mol. The molecule has 0 aromatic carbocycles. The minimum atomic E-state index is -1.06. The smallest absolute Gasteiger partial charge is 0.321 e. The quantitative estimate of drug-likeness (QED) is 0.427. The Hall–Kier alpha value is -0.240. The first-order valence-corrected chi connectivity index (χ1v) is 5.10. The first-order valence-electron chi connectivity index (χ1n) is 3.49. The average molecular weight is 224 g/mol. The molecule has 0 bridgehead atoms. The highest BCUT2D eigenvalue weighted by atomic mass is 32.2. The van der Waals surface area contributed by atoms with E-state index in [0.717, 1.165) is 0 Å². The van der Waals surface area contributed by atoms with E-state index in [2.05, 4.69) is 12.6 Å². The largest absolute Gasteiger partial charge is 0.480 e. The van der Waals surface area contributed by atoms with Crippen LogP contribution < -0.4 is 11.5 Å². The third-order valence-electron chi connectivity index (χ3n) is 1.23. The molecule has 0 saturated carbocycles. The summed E-state index contributed by atoms with van der Waals surface area (Å²) in [6, 6.07) is -1.57. The van der Waals surface area contributed by atoms with Gasteiger partial charge in [0.25, 0.3) is 0 Å². The molecule has 0 spiro atoms. The van der Waals surface area contributed by atoms with Crippen molar-refractivity contribution in [1.82, 2.24) is 0 Å². The third-order valence-corrected chi connectivity index (χ3v) is 2.75. The highest BCUT2D eigenvalue weighted by Gasteiger charge is 2.13. The lowest BCUT2D eigenvalue weighted by Crippen LogP contribution is -2.34. The van der Waals surface area contributed by atoms with E-state index in [0.29, 0.717) is 5.75 Å². The van der Waals surface area contributed by atoms with Gasteiger partial charge in [-0.25, -0.2) is 0 Å². The topological polar surface area (TPSA) is 106 Å². The van der Waals surface area contributed by atoms with Gasteiger partial charge in [-0.1, -0.05) is 0 Å². The van der Waals surface area contributed by atoms with Crippen molar-refractivity contribution in [1.29, 1.82) is 0 Å². The third kappa shape index (κ3) is 5.92. The van der Waals surface area contributed by atoms with E-state index in [1.54, 1.807) is 0 Å². The standard InChI is InChI=1S/C6H12N2O3S2/c7-3(5(9)10)1-13-2-4(8)6(11)12/h3-4H,1-2,7-8H2,(H,9,10)(H,11,12)/t3-,4-/m0/s1. The lowest BCUT2D eigenvalue weighted by Gasteiger charge is -2.08. The highest BCUT2D eigenvalue weighted by Crippen LogP contribution is 2.04. The number of carboxylic acids is 1. The second-order valence-corrected chi connectivity index (χ2v) is 3.94. The molecule has 0 aliphatic heterocycles. The van der Waals surface area contributed by atoms with Crippen LogP contribution >= 0.6 is 24.4 Å². The minimum Gasteiger partial charge on any atom is -0.480 e. The predicted octanol–water partition coefficient (Wildman–Crippen LogP) is -1.08. The van der Waals surface area contributed by atoms with Gasteiger partial charge >= 0.3 is 5.97 Å². The van der Waals surface area contributed by atoms with Gasteiger partial charge in [-0.2, -0.15) is 11.8 Å². The molecule has 0 unspecified atom stereocenters. The molecule has 0 amide bonds. The van der Waals surface area contributed by atoms with Crippen LogP contribution in [0.2, 0.25) is 0 Å². The fourth-order valence-corrected chi connectivity index (χ4v) is 1.62. The maximum Gasteiger partial charge on any atom is 0.321 e. The number of thioether (sulfide) groups is 1. The van der Waals surface area contributed by atoms with Crippen molar-refractivity contribution in [2.24, 2.45) is 11.5 Å². The van der Waals surface area contributed by atoms with Crippen LogP contribution in [0, 0.1) is 0 Å². The number of hydrogen-bond acceptors (Lipinski definition) is 5. The van der Waals surface area contributed by atoms with Crippen LogP contribution in [0.1, 0.15) is 0 Å². The summed E-state index contributed by atoms with van der Waals surface area (Å²) in [6.45, 7) is 0. The maximum atomic E-state index is 10.5. The molecule has 5 N–H and O–H groups in total. The van der Waals surface area contributed by atoms with Gasteiger partial charge in [-0.05, 0) is 0 Å². The molecule has 5 nitrogen and oxygen atoms in total. The van der Waals surface area contributed by atoms with Crippen LogP contribution in [0.3, 0.4) is 0 Å². The van der Waals surface area contributed by atoms with Crippen molar-refractivity contribution in [2.75, 3.05) is 11.5 Å². The molecule has 7 heteroatoms. The molecular formula is C6H12N2O3S2. The second-order valence-electron chi connectivity index (χ2n) is 2.43. The minimum absolute atomic E-state index is 0.240. The second kappa shape index (κ2) is 6.25. The number of carbonyl (C=O) groups excluding carboxylic acids is 1. The van der Waals surface area contributed by atoms with E-state index in [1.807, 2.05) is 0 Å². The summed E-state index contributed by atoms with van der Waals surface area (Å²) in [5.74, 6) is -0.480. The number of rotatable bonds is 6. The molecule has 76 valence electrons. The summed E-state index contributed by atoms with van der Waals surface area (Å²) >= 11 is 4.76. The number of carbonyl (C=O) groups is 2. The molecule has 0 aromatic rings. The Balaban J connectivity index is 3.56. The summed E-state index contributed by atoms with van der Waals surface area (Å²) in [4.78, 5) is 20.8. The molecule has 0 aromatic heterocycles. The van der Waals surface area contributed by atoms with Crippen molar-refractivity contribution in [3.05, 3.63) is 0 Å². The summed E-state index contributed by atoms with van der Waals surface area (Å²) in [6.07, 6.45) is 0. The van der Waals surface area contributed by atoms with Crippen LogP contribution in [0.5, 0.6) is 0 Å². The first-order chi connectivity index (χ1) is 5.95. The number of thiol groups is 1. The fraction of sp³-hybridized carbons (Fsp3) is 0.667. The maximum absolute atomic E-state index is 10.5. The zero-order valence-electron chi connectivity index (χ0n) is 6.84. The molecule has 0 fully saturated rings. The average Bonchev–Trinajstić information content (AvgIpc) is 2.03. The van der Waals surface area contributed by atoms with Crippen LogP contribution in [0.15, 0.2) is 0 Å². The summed E-state index contributed by atoms with van der Waals surface area (Å²) < 4.78 is 0. The molecule has 0 aliphatic carbocycles. The van der Waals surface area contributed by atoms with Crippen molar-refractivity contribution in [2.45, 2.75) is 12.1 Å². The fourth-order valence-electron chi connectivity index (χ4n) is 0.465. The van der Waals surface area contributed by atoms with E-state index in [4.69, 9.17) is 16.6 Å². The summed E-state index contributed by atoms with van der Waals surface area (Å²) in [5, 5.41) is 8.00. The summed E-state index contributed by atoms with van der Waals surface area (Å²) in [5.41, 5.74) is 10.6. The Labute approximate surface area is 85.6 Å². The van der Waals surface area contributed by atoms with E-state index in [-0.39, 0.29) is 5.75 Å². The molecule has 0 heterocycles. The Bertz CT molecular complexity index is 180. The lowest BCUT2D eigenvalue weighted by atomic mass is 10.4. The van der Waals surface area contributed by atoms with Gasteiger partial charge in [-0.3, -0.25) is 9.59 Å². The van der Waals surface area contributed by atoms with Gasteiger partial charge in [0.05, 0.1) is 6.04 Å². The normalized spacial score (nSPS) is 15.0. The van der Waals surface area contributed by atoms with Gasteiger partial charge in [0.2, 0.25) is 5.12 Å². The predicted molar refractivity (Wildman–Crippen MR) is 54.9 cm³/mol. The van der Waals surface area contributed by atoms with Crippen molar-refractivity contribution in [3.8, 4) is 0 Å². The zero-order chi connectivity index (χ0) is 10.4. The van der Waals surface area contributed by atoms with Gasteiger partial charge in [0.15, 0.2) is 0 Å². The Morgan fingerprint density at radius 2 is 1.77 bits per heavy atom. The summed E-state index contributed by atoms with van der Waals surface area (Å²) in [7, 11) is 0. The molecule has 0 saturated heterocycles. The van der Waals surface area contributed by atoms with Crippen molar-refractivity contribution >= 4 is 35.5 Å². The van der Waals surface area contributed by atoms with Crippen LogP contribution in [-0.4, -0.2) is 39.8 Å². The Morgan fingerprint density at radius 3 is 2.15 bits per heavy atom. The van der Waals surface area contributed by atoms with E-state index in [1.165, 1.54) is 11.8 Å².